The van der Waals surface area contributed by atoms with Gasteiger partial charge in [0, 0.05) is 5.64 Å². The van der Waals surface area contributed by atoms with Gasteiger partial charge in [-0.05, 0) is 36.4 Å². The lowest BCUT2D eigenvalue weighted by Crippen LogP contribution is -2.23. The van der Waals surface area contributed by atoms with E-state index in [4.69, 9.17) is 0 Å². The molecule has 0 heterocycles. The van der Waals surface area contributed by atoms with E-state index < -0.39 is 46.6 Å². The summed E-state index contributed by atoms with van der Waals surface area (Å²) in [6, 6.07) is 3.26. The zero-order valence-corrected chi connectivity index (χ0v) is 11.8. The molecule has 0 atom stereocenters. The Bertz CT molecular complexity index is 694. The maximum atomic E-state index is 13.1. The summed E-state index contributed by atoms with van der Waals surface area (Å²) in [7, 11) is 0. The van der Waals surface area contributed by atoms with Gasteiger partial charge in [-0.2, -0.15) is 26.3 Å². The van der Waals surface area contributed by atoms with Crippen molar-refractivity contribution in [1.29, 1.82) is 0 Å². The summed E-state index contributed by atoms with van der Waals surface area (Å²) in [5.74, 6) is -4.11. The minimum atomic E-state index is -4.97. The lowest BCUT2D eigenvalue weighted by molar-refractivity contribution is -0.140. The molecule has 0 bridgehead atoms. The molecule has 136 valence electrons. The summed E-state index contributed by atoms with van der Waals surface area (Å²) < 4.78 is 101. The molecule has 0 aliphatic heterocycles. The highest BCUT2D eigenvalue weighted by molar-refractivity contribution is 5.32. The van der Waals surface area contributed by atoms with Crippen LogP contribution in [0.2, 0.25) is 0 Å². The zero-order chi connectivity index (χ0) is 18.8. The maximum Gasteiger partial charge on any atom is 0.419 e. The number of alkyl halides is 6. The van der Waals surface area contributed by atoms with Crippen LogP contribution >= 0.6 is 0 Å². The van der Waals surface area contributed by atoms with E-state index in [9.17, 15) is 35.1 Å². The van der Waals surface area contributed by atoms with E-state index in [0.29, 0.717) is 24.3 Å². The first-order valence-electron chi connectivity index (χ1n) is 6.30. The number of benzene rings is 2. The third-order valence-corrected chi connectivity index (χ3v) is 2.81. The van der Waals surface area contributed by atoms with Crippen LogP contribution in [0.25, 0.3) is 0 Å². The molecule has 2 aromatic rings. The summed E-state index contributed by atoms with van der Waals surface area (Å²) >= 11 is 0. The molecule has 0 aliphatic carbocycles. The van der Waals surface area contributed by atoms with Crippen molar-refractivity contribution in [1.82, 2.24) is 5.64 Å². The van der Waals surface area contributed by atoms with Crippen molar-refractivity contribution in [2.45, 2.75) is 12.4 Å². The predicted octanol–water partition coefficient (Wildman–Crippen LogP) is 4.88. The molecule has 2 rings (SSSR count). The molecule has 0 radical (unpaired) electrons. The third kappa shape index (κ3) is 4.72. The monoisotopic (exact) mass is 373 g/mol. The lowest BCUT2D eigenvalue weighted by atomic mass is 10.2. The van der Waals surface area contributed by atoms with Crippen LogP contribution < -0.4 is 15.3 Å². The fraction of sp³-hybridized carbons (Fsp3) is 0.143. The zero-order valence-electron chi connectivity index (χ0n) is 11.8. The summed E-state index contributed by atoms with van der Waals surface area (Å²) in [5.41, 5.74) is -1.57. The Morgan fingerprint density at radius 1 is 0.640 bits per heavy atom. The number of hydrogen-bond donors (Lipinski definition) is 1. The normalized spacial score (nSPS) is 12.2. The van der Waals surface area contributed by atoms with Crippen LogP contribution in [0.5, 0.6) is 11.5 Å². The molecule has 2 aromatic carbocycles. The van der Waals surface area contributed by atoms with Crippen LogP contribution in [0.15, 0.2) is 36.4 Å². The first-order chi connectivity index (χ1) is 11.5. The maximum absolute atomic E-state index is 13.1. The fourth-order valence-corrected chi connectivity index (χ4v) is 1.69. The average molecular weight is 373 g/mol. The highest BCUT2D eigenvalue weighted by atomic mass is 19.4. The molecule has 0 saturated carbocycles. The van der Waals surface area contributed by atoms with Crippen molar-refractivity contribution in [3.05, 3.63) is 59.2 Å². The van der Waals surface area contributed by atoms with Gasteiger partial charge in [0.15, 0.2) is 11.5 Å². The topological polar surface area (TPSA) is 30.5 Å². The number of rotatable bonds is 4. The summed E-state index contributed by atoms with van der Waals surface area (Å²) in [5, 5.41) is 0. The molecule has 0 aliphatic rings. The van der Waals surface area contributed by atoms with Gasteiger partial charge in [0.1, 0.15) is 11.6 Å². The number of halogens is 8. The Morgan fingerprint density at radius 3 is 1.32 bits per heavy atom. The van der Waals surface area contributed by atoms with E-state index in [1.807, 2.05) is 0 Å². The Balaban J connectivity index is 2.07. The van der Waals surface area contributed by atoms with Gasteiger partial charge >= 0.3 is 12.4 Å². The van der Waals surface area contributed by atoms with Gasteiger partial charge in [-0.25, -0.2) is 8.78 Å². The smallest absolute Gasteiger partial charge is 0.374 e. The van der Waals surface area contributed by atoms with Gasteiger partial charge < -0.3 is 9.68 Å². The summed E-state index contributed by atoms with van der Waals surface area (Å²) in [6.45, 7) is 0. The van der Waals surface area contributed by atoms with Crippen LogP contribution in [0, 0.1) is 11.6 Å². The van der Waals surface area contributed by atoms with Gasteiger partial charge in [0.25, 0.3) is 0 Å². The van der Waals surface area contributed by atoms with E-state index in [1.165, 1.54) is 0 Å². The molecule has 3 nitrogen and oxygen atoms in total. The standard InChI is InChI=1S/C14H7F8NO2/c15-11-3-1-7(5-9(11)13(17,18)19)24-23-25-8-2-4-12(16)10(6-8)14(20,21)22/h1-6,23H. The van der Waals surface area contributed by atoms with Gasteiger partial charge in [-0.1, -0.05) is 0 Å². The van der Waals surface area contributed by atoms with Crippen LogP contribution in [0.4, 0.5) is 35.1 Å². The van der Waals surface area contributed by atoms with E-state index in [2.05, 4.69) is 9.68 Å². The molecule has 1 N–H and O–H groups in total. The molecule has 0 fully saturated rings. The first kappa shape index (κ1) is 18.8. The SMILES string of the molecule is Fc1ccc(ONOc2ccc(F)c(C(F)(F)F)c2)cc1C(F)(F)F. The molecular weight excluding hydrogens is 366 g/mol. The van der Waals surface area contributed by atoms with Crippen LogP contribution in [0.3, 0.4) is 0 Å². The number of hydrogen-bond acceptors (Lipinski definition) is 3. The van der Waals surface area contributed by atoms with Crippen molar-refractivity contribution in [3.8, 4) is 11.5 Å². The second kappa shape index (κ2) is 6.75. The lowest BCUT2D eigenvalue weighted by Gasteiger charge is -2.13. The predicted molar refractivity (Wildman–Crippen MR) is 67.2 cm³/mol. The molecule has 0 saturated heterocycles. The second-order valence-corrected chi connectivity index (χ2v) is 4.57. The molecule has 0 spiro atoms. The van der Waals surface area contributed by atoms with Gasteiger partial charge in [-0.3, -0.25) is 0 Å². The van der Waals surface area contributed by atoms with Gasteiger partial charge in [-0.15, -0.1) is 0 Å². The Labute approximate surface area is 134 Å². The van der Waals surface area contributed by atoms with Gasteiger partial charge in [0.2, 0.25) is 0 Å². The Hall–Kier alpha value is -2.56. The fourth-order valence-electron chi connectivity index (χ4n) is 1.69. The second-order valence-electron chi connectivity index (χ2n) is 4.57. The van der Waals surface area contributed by atoms with Crippen LogP contribution in [-0.4, -0.2) is 0 Å². The van der Waals surface area contributed by atoms with E-state index in [1.54, 1.807) is 5.64 Å². The van der Waals surface area contributed by atoms with Crippen molar-refractivity contribution >= 4 is 0 Å². The summed E-state index contributed by atoms with van der Waals surface area (Å²) in [4.78, 5) is 9.09. The molecule has 0 unspecified atom stereocenters. The van der Waals surface area contributed by atoms with Crippen molar-refractivity contribution in [2.24, 2.45) is 0 Å². The van der Waals surface area contributed by atoms with Crippen LogP contribution in [-0.2, 0) is 12.4 Å². The molecule has 0 amide bonds. The molecule has 11 heteroatoms. The molecule has 0 aromatic heterocycles. The van der Waals surface area contributed by atoms with Crippen molar-refractivity contribution in [2.75, 3.05) is 0 Å². The largest absolute Gasteiger partial charge is 0.419 e. The van der Waals surface area contributed by atoms with Crippen molar-refractivity contribution in [3.63, 3.8) is 0 Å². The first-order valence-corrected chi connectivity index (χ1v) is 6.30. The van der Waals surface area contributed by atoms with Crippen LogP contribution in [0.1, 0.15) is 11.1 Å². The average Bonchev–Trinajstić information content (AvgIpc) is 2.48. The Kier molecular flexibility index (Phi) is 5.07. The van der Waals surface area contributed by atoms with E-state index in [0.717, 1.165) is 12.1 Å². The highest BCUT2D eigenvalue weighted by Crippen LogP contribution is 2.34. The minimum absolute atomic E-state index is 0.317. The third-order valence-electron chi connectivity index (χ3n) is 2.81. The highest BCUT2D eigenvalue weighted by Gasteiger charge is 2.35. The molecule has 25 heavy (non-hydrogen) atoms. The Morgan fingerprint density at radius 2 is 1.00 bits per heavy atom. The van der Waals surface area contributed by atoms with E-state index in [-0.39, 0.29) is 0 Å². The summed E-state index contributed by atoms with van der Waals surface area (Å²) in [6.07, 6.45) is -9.94. The minimum Gasteiger partial charge on any atom is -0.374 e. The molecular formula is C14H7F8NO2. The van der Waals surface area contributed by atoms with E-state index >= 15 is 0 Å². The quantitative estimate of drug-likeness (QED) is 0.612. The van der Waals surface area contributed by atoms with Crippen molar-refractivity contribution < 1.29 is 44.8 Å². The van der Waals surface area contributed by atoms with Gasteiger partial charge in [0.05, 0.1) is 11.1 Å². The number of nitrogens with one attached hydrogen (secondary N) is 1.